The van der Waals surface area contributed by atoms with E-state index in [0.717, 1.165) is 17.0 Å². The lowest BCUT2D eigenvalue weighted by atomic mass is 10.1. The van der Waals surface area contributed by atoms with Crippen LogP contribution in [0.4, 0.5) is 0 Å². The number of para-hydroxylation sites is 2. The summed E-state index contributed by atoms with van der Waals surface area (Å²) in [5.74, 6) is 0.690. The van der Waals surface area contributed by atoms with Gasteiger partial charge in [-0.2, -0.15) is 5.10 Å². The van der Waals surface area contributed by atoms with Crippen molar-refractivity contribution in [3.05, 3.63) is 78.1 Å². The van der Waals surface area contributed by atoms with Gasteiger partial charge in [-0.15, -0.1) is 0 Å². The lowest BCUT2D eigenvalue weighted by molar-refractivity contribution is 0.0741. The average molecular weight is 335 g/mol. The van der Waals surface area contributed by atoms with Crippen LogP contribution in [0.25, 0.3) is 5.69 Å². The van der Waals surface area contributed by atoms with Gasteiger partial charge in [0.15, 0.2) is 0 Å². The number of carbonyl (C=O) groups is 1. The highest BCUT2D eigenvalue weighted by molar-refractivity contribution is 5.94. The minimum absolute atomic E-state index is 0.0828. The van der Waals surface area contributed by atoms with Gasteiger partial charge in [-0.05, 0) is 25.1 Å². The van der Waals surface area contributed by atoms with E-state index in [9.17, 15) is 4.79 Å². The third kappa shape index (κ3) is 3.40. The van der Waals surface area contributed by atoms with Crippen molar-refractivity contribution in [2.45, 2.75) is 13.0 Å². The monoisotopic (exact) mass is 335 g/mol. The summed E-state index contributed by atoms with van der Waals surface area (Å²) >= 11 is 0. The molecule has 1 aromatic heterocycles. The molecule has 0 radical (unpaired) electrons. The van der Waals surface area contributed by atoms with Crippen LogP contribution in [-0.2, 0) is 0 Å². The molecule has 0 saturated carbocycles. The summed E-state index contributed by atoms with van der Waals surface area (Å²) in [5, 5.41) is 4.30. The number of nitrogens with zero attached hydrogens (tertiary/aromatic N) is 3. The third-order valence-electron chi connectivity index (χ3n) is 4.34. The molecule has 0 spiro atoms. The lowest BCUT2D eigenvalue weighted by Crippen LogP contribution is -2.29. The number of aromatic nitrogens is 2. The summed E-state index contributed by atoms with van der Waals surface area (Å²) in [6.45, 7) is 1.98. The van der Waals surface area contributed by atoms with Crippen LogP contribution in [0.1, 0.15) is 28.9 Å². The summed E-state index contributed by atoms with van der Waals surface area (Å²) < 4.78 is 7.11. The fourth-order valence-corrected chi connectivity index (χ4v) is 2.75. The van der Waals surface area contributed by atoms with Crippen LogP contribution in [0.3, 0.4) is 0 Å². The zero-order chi connectivity index (χ0) is 17.8. The van der Waals surface area contributed by atoms with Gasteiger partial charge in [0.1, 0.15) is 5.75 Å². The second-order valence-corrected chi connectivity index (χ2v) is 5.84. The van der Waals surface area contributed by atoms with E-state index in [2.05, 4.69) is 5.10 Å². The van der Waals surface area contributed by atoms with Crippen molar-refractivity contribution in [1.82, 2.24) is 14.7 Å². The summed E-state index contributed by atoms with van der Waals surface area (Å²) in [7, 11) is 3.43. The molecule has 1 heterocycles. The highest BCUT2D eigenvalue weighted by atomic mass is 16.5. The van der Waals surface area contributed by atoms with Crippen molar-refractivity contribution in [3.8, 4) is 11.4 Å². The first-order valence-corrected chi connectivity index (χ1v) is 8.12. The standard InChI is InChI=1S/C20H21N3O2/c1-15(18-11-7-8-12-19(18)25-3)22(2)20(24)16-13-21-23(14-16)17-9-5-4-6-10-17/h4-15H,1-3H3. The molecule has 2 aromatic carbocycles. The first kappa shape index (κ1) is 16.8. The first-order valence-electron chi connectivity index (χ1n) is 8.12. The molecule has 5 heteroatoms. The summed E-state index contributed by atoms with van der Waals surface area (Å²) in [6.07, 6.45) is 3.35. The number of rotatable bonds is 5. The second-order valence-electron chi connectivity index (χ2n) is 5.84. The van der Waals surface area contributed by atoms with Gasteiger partial charge in [0.05, 0.1) is 30.6 Å². The maximum atomic E-state index is 12.8. The number of ether oxygens (including phenoxy) is 1. The van der Waals surface area contributed by atoms with Gasteiger partial charge in [0, 0.05) is 18.8 Å². The van der Waals surface area contributed by atoms with Crippen molar-refractivity contribution in [2.75, 3.05) is 14.2 Å². The molecule has 0 N–H and O–H groups in total. The molecule has 5 nitrogen and oxygen atoms in total. The van der Waals surface area contributed by atoms with Gasteiger partial charge in [-0.3, -0.25) is 4.79 Å². The smallest absolute Gasteiger partial charge is 0.257 e. The number of amides is 1. The lowest BCUT2D eigenvalue weighted by Gasteiger charge is -2.26. The average Bonchev–Trinajstić information content (AvgIpc) is 3.17. The second kappa shape index (κ2) is 7.21. The van der Waals surface area contributed by atoms with E-state index in [1.54, 1.807) is 36.1 Å². The number of methoxy groups -OCH3 is 1. The Morgan fingerprint density at radius 1 is 1.12 bits per heavy atom. The van der Waals surface area contributed by atoms with E-state index >= 15 is 0 Å². The summed E-state index contributed by atoms with van der Waals surface area (Å²) in [5.41, 5.74) is 2.44. The molecule has 128 valence electrons. The molecule has 1 unspecified atom stereocenters. The van der Waals surface area contributed by atoms with Crippen LogP contribution in [0.2, 0.25) is 0 Å². The van der Waals surface area contributed by atoms with Crippen molar-refractivity contribution in [1.29, 1.82) is 0 Å². The largest absolute Gasteiger partial charge is 0.496 e. The Kier molecular flexibility index (Phi) is 4.84. The van der Waals surface area contributed by atoms with E-state index in [1.165, 1.54) is 0 Å². The zero-order valence-corrected chi connectivity index (χ0v) is 14.6. The van der Waals surface area contributed by atoms with Gasteiger partial charge in [-0.1, -0.05) is 36.4 Å². The number of hydrogen-bond donors (Lipinski definition) is 0. The fourth-order valence-electron chi connectivity index (χ4n) is 2.75. The summed E-state index contributed by atoms with van der Waals surface area (Å²) in [4.78, 5) is 14.5. The molecule has 3 rings (SSSR count). The SMILES string of the molecule is COc1ccccc1C(C)N(C)C(=O)c1cnn(-c2ccccc2)c1. The summed E-state index contributed by atoms with van der Waals surface area (Å²) in [6, 6.07) is 17.3. The molecule has 0 aliphatic heterocycles. The maximum absolute atomic E-state index is 12.8. The van der Waals surface area contributed by atoms with Crippen molar-refractivity contribution in [2.24, 2.45) is 0 Å². The number of carbonyl (C=O) groups excluding carboxylic acids is 1. The zero-order valence-electron chi connectivity index (χ0n) is 14.6. The Morgan fingerprint density at radius 2 is 1.80 bits per heavy atom. The van der Waals surface area contributed by atoms with Crippen molar-refractivity contribution >= 4 is 5.91 Å². The van der Waals surface area contributed by atoms with Gasteiger partial charge in [0.25, 0.3) is 5.91 Å². The molecule has 25 heavy (non-hydrogen) atoms. The highest BCUT2D eigenvalue weighted by Gasteiger charge is 2.22. The van der Waals surface area contributed by atoms with E-state index in [4.69, 9.17) is 4.74 Å². The van der Waals surface area contributed by atoms with E-state index in [0.29, 0.717) is 5.56 Å². The van der Waals surface area contributed by atoms with Crippen molar-refractivity contribution in [3.63, 3.8) is 0 Å². The molecule has 0 bridgehead atoms. The fraction of sp³-hybridized carbons (Fsp3) is 0.200. The Balaban J connectivity index is 1.82. The molecule has 1 amide bonds. The predicted octanol–water partition coefficient (Wildman–Crippen LogP) is 3.71. The van der Waals surface area contributed by atoms with Crippen LogP contribution in [0, 0.1) is 0 Å². The van der Waals surface area contributed by atoms with Crippen LogP contribution >= 0.6 is 0 Å². The molecule has 0 aliphatic carbocycles. The highest BCUT2D eigenvalue weighted by Crippen LogP contribution is 2.28. The topological polar surface area (TPSA) is 47.4 Å². The molecule has 0 fully saturated rings. The Morgan fingerprint density at radius 3 is 2.52 bits per heavy atom. The predicted molar refractivity (Wildman–Crippen MR) is 97.1 cm³/mol. The van der Waals surface area contributed by atoms with Crippen LogP contribution in [0.5, 0.6) is 5.75 Å². The van der Waals surface area contributed by atoms with Crippen LogP contribution in [0.15, 0.2) is 67.0 Å². The molecule has 3 aromatic rings. The Hall–Kier alpha value is -3.08. The molecular formula is C20H21N3O2. The van der Waals surface area contributed by atoms with Crippen LogP contribution < -0.4 is 4.74 Å². The molecule has 0 saturated heterocycles. The first-order chi connectivity index (χ1) is 12.1. The van der Waals surface area contributed by atoms with Crippen LogP contribution in [-0.4, -0.2) is 34.7 Å². The van der Waals surface area contributed by atoms with Gasteiger partial charge < -0.3 is 9.64 Å². The minimum atomic E-state index is -0.122. The minimum Gasteiger partial charge on any atom is -0.496 e. The third-order valence-corrected chi connectivity index (χ3v) is 4.34. The van der Waals surface area contributed by atoms with E-state index in [-0.39, 0.29) is 11.9 Å². The van der Waals surface area contributed by atoms with Gasteiger partial charge >= 0.3 is 0 Å². The van der Waals surface area contributed by atoms with E-state index in [1.807, 2.05) is 61.5 Å². The molecular weight excluding hydrogens is 314 g/mol. The quantitative estimate of drug-likeness (QED) is 0.714. The van der Waals surface area contributed by atoms with E-state index < -0.39 is 0 Å². The normalized spacial score (nSPS) is 11.8. The van der Waals surface area contributed by atoms with Crippen molar-refractivity contribution < 1.29 is 9.53 Å². The maximum Gasteiger partial charge on any atom is 0.257 e. The Labute approximate surface area is 147 Å². The van der Waals surface area contributed by atoms with Gasteiger partial charge in [-0.25, -0.2) is 4.68 Å². The Bertz CT molecular complexity index is 858. The number of benzene rings is 2. The van der Waals surface area contributed by atoms with Gasteiger partial charge in [0.2, 0.25) is 0 Å². The number of hydrogen-bond acceptors (Lipinski definition) is 3. The molecule has 1 atom stereocenters. The molecule has 0 aliphatic rings.